The SMILES string of the molecule is O=C(NCc1ccc(-c2cccc(O)c2)c2c1CN(Cc1ccccc1)CC2)C1CC1c1ccccc1. The Hall–Kier alpha value is -3.89. The van der Waals surface area contributed by atoms with Gasteiger partial charge in [0.05, 0.1) is 0 Å². The predicted molar refractivity (Wildman–Crippen MR) is 147 cm³/mol. The summed E-state index contributed by atoms with van der Waals surface area (Å²) < 4.78 is 0. The third-order valence-electron chi connectivity index (χ3n) is 7.80. The van der Waals surface area contributed by atoms with E-state index in [1.165, 1.54) is 33.4 Å². The van der Waals surface area contributed by atoms with Gasteiger partial charge in [0.1, 0.15) is 5.75 Å². The van der Waals surface area contributed by atoms with Gasteiger partial charge in [-0.05, 0) is 69.8 Å². The Bertz CT molecular complexity index is 1400. The van der Waals surface area contributed by atoms with Crippen LogP contribution in [0.25, 0.3) is 11.1 Å². The van der Waals surface area contributed by atoms with Crippen molar-refractivity contribution >= 4 is 5.91 Å². The van der Waals surface area contributed by atoms with E-state index in [0.717, 1.165) is 38.0 Å². The van der Waals surface area contributed by atoms with Gasteiger partial charge in [0, 0.05) is 32.1 Å². The van der Waals surface area contributed by atoms with E-state index in [1.807, 2.05) is 30.3 Å². The standard InChI is InChI=1S/C33H32N2O2/c36-27-13-7-12-25(18-27)28-15-14-26(20-34-33(37)31-19-30(31)24-10-5-2-6-11-24)32-22-35(17-16-29(28)32)21-23-8-3-1-4-9-23/h1-15,18,30-31,36H,16-17,19-22H2,(H,34,37). The summed E-state index contributed by atoms with van der Waals surface area (Å²) in [5.41, 5.74) is 8.59. The van der Waals surface area contributed by atoms with Crippen molar-refractivity contribution in [3.05, 3.63) is 125 Å². The Morgan fingerprint density at radius 3 is 2.46 bits per heavy atom. The fourth-order valence-electron chi connectivity index (χ4n) is 5.75. The Balaban J connectivity index is 1.23. The van der Waals surface area contributed by atoms with Crippen LogP contribution in [0.15, 0.2) is 97.1 Å². The van der Waals surface area contributed by atoms with Crippen LogP contribution in [-0.4, -0.2) is 22.5 Å². The van der Waals surface area contributed by atoms with Crippen LogP contribution in [0.5, 0.6) is 5.75 Å². The number of amides is 1. The molecule has 4 nitrogen and oxygen atoms in total. The van der Waals surface area contributed by atoms with E-state index in [0.29, 0.717) is 12.5 Å². The number of hydrogen-bond donors (Lipinski definition) is 2. The lowest BCUT2D eigenvalue weighted by Gasteiger charge is -2.32. The first kappa shape index (κ1) is 23.5. The summed E-state index contributed by atoms with van der Waals surface area (Å²) in [7, 11) is 0. The summed E-state index contributed by atoms with van der Waals surface area (Å²) in [6, 6.07) is 32.8. The number of benzene rings is 4. The lowest BCUT2D eigenvalue weighted by molar-refractivity contribution is -0.122. The van der Waals surface area contributed by atoms with Crippen molar-refractivity contribution in [2.24, 2.45) is 5.92 Å². The average molecular weight is 489 g/mol. The highest BCUT2D eigenvalue weighted by Crippen LogP contribution is 2.47. The number of hydrogen-bond acceptors (Lipinski definition) is 3. The van der Waals surface area contributed by atoms with Crippen molar-refractivity contribution in [2.75, 3.05) is 6.54 Å². The lowest BCUT2D eigenvalue weighted by atomic mass is 9.87. The van der Waals surface area contributed by atoms with E-state index in [9.17, 15) is 9.90 Å². The number of aromatic hydroxyl groups is 1. The van der Waals surface area contributed by atoms with Crippen LogP contribution in [0.4, 0.5) is 0 Å². The minimum absolute atomic E-state index is 0.0689. The van der Waals surface area contributed by atoms with Crippen molar-refractivity contribution in [1.82, 2.24) is 10.2 Å². The van der Waals surface area contributed by atoms with Crippen LogP contribution in [0.1, 0.15) is 40.2 Å². The summed E-state index contributed by atoms with van der Waals surface area (Å²) in [6.07, 6.45) is 1.86. The molecule has 0 radical (unpaired) electrons. The highest BCUT2D eigenvalue weighted by atomic mass is 16.3. The van der Waals surface area contributed by atoms with Gasteiger partial charge in [-0.2, -0.15) is 0 Å². The number of phenolic OH excluding ortho intramolecular Hbond substituents is 1. The molecule has 1 fully saturated rings. The van der Waals surface area contributed by atoms with Crippen LogP contribution in [0, 0.1) is 5.92 Å². The molecule has 4 aromatic rings. The van der Waals surface area contributed by atoms with E-state index < -0.39 is 0 Å². The Labute approximate surface area is 218 Å². The van der Waals surface area contributed by atoms with Crippen molar-refractivity contribution in [1.29, 1.82) is 0 Å². The number of fused-ring (bicyclic) bond motifs is 1. The van der Waals surface area contributed by atoms with E-state index >= 15 is 0 Å². The average Bonchev–Trinajstić information content (AvgIpc) is 3.74. The number of carbonyl (C=O) groups is 1. The quantitative estimate of drug-likeness (QED) is 0.334. The molecular formula is C33H32N2O2. The molecule has 1 aliphatic carbocycles. The second-order valence-corrected chi connectivity index (χ2v) is 10.3. The molecule has 186 valence electrons. The van der Waals surface area contributed by atoms with Crippen LogP contribution in [0.3, 0.4) is 0 Å². The molecule has 1 saturated carbocycles. The van der Waals surface area contributed by atoms with Gasteiger partial charge in [-0.1, -0.05) is 84.9 Å². The minimum Gasteiger partial charge on any atom is -0.508 e. The van der Waals surface area contributed by atoms with E-state index in [-0.39, 0.29) is 17.6 Å². The second kappa shape index (κ2) is 10.2. The Kier molecular flexibility index (Phi) is 6.50. The van der Waals surface area contributed by atoms with Gasteiger partial charge in [-0.25, -0.2) is 0 Å². The molecule has 1 heterocycles. The molecule has 4 heteroatoms. The third-order valence-corrected chi connectivity index (χ3v) is 7.80. The molecule has 0 aromatic heterocycles. The van der Waals surface area contributed by atoms with Crippen LogP contribution in [-0.2, 0) is 30.8 Å². The van der Waals surface area contributed by atoms with Crippen molar-refractivity contribution < 1.29 is 9.90 Å². The zero-order chi connectivity index (χ0) is 25.2. The van der Waals surface area contributed by atoms with E-state index in [4.69, 9.17) is 0 Å². The van der Waals surface area contributed by atoms with Gasteiger partial charge in [-0.15, -0.1) is 0 Å². The molecule has 6 rings (SSSR count). The fourth-order valence-corrected chi connectivity index (χ4v) is 5.75. The molecule has 2 atom stereocenters. The molecule has 37 heavy (non-hydrogen) atoms. The molecule has 0 spiro atoms. The predicted octanol–water partition coefficient (Wildman–Crippen LogP) is 6.04. The maximum Gasteiger partial charge on any atom is 0.224 e. The van der Waals surface area contributed by atoms with Gasteiger partial charge >= 0.3 is 0 Å². The number of nitrogens with zero attached hydrogens (tertiary/aromatic N) is 1. The number of carbonyl (C=O) groups excluding carboxylic acids is 1. The molecule has 4 aromatic carbocycles. The topological polar surface area (TPSA) is 52.6 Å². The van der Waals surface area contributed by atoms with Gasteiger partial charge in [0.15, 0.2) is 0 Å². The van der Waals surface area contributed by atoms with Crippen LogP contribution in [0.2, 0.25) is 0 Å². The molecular weight excluding hydrogens is 456 g/mol. The minimum atomic E-state index is 0.0689. The second-order valence-electron chi connectivity index (χ2n) is 10.3. The Morgan fingerprint density at radius 2 is 1.68 bits per heavy atom. The molecule has 1 amide bonds. The highest BCUT2D eigenvalue weighted by Gasteiger charge is 2.43. The van der Waals surface area contributed by atoms with Gasteiger partial charge < -0.3 is 10.4 Å². The maximum atomic E-state index is 13.0. The van der Waals surface area contributed by atoms with Crippen LogP contribution >= 0.6 is 0 Å². The zero-order valence-electron chi connectivity index (χ0n) is 20.9. The summed E-state index contributed by atoms with van der Waals surface area (Å²) in [6.45, 7) is 3.27. The maximum absolute atomic E-state index is 13.0. The third kappa shape index (κ3) is 5.16. The van der Waals surface area contributed by atoms with Crippen molar-refractivity contribution in [3.63, 3.8) is 0 Å². The number of rotatable bonds is 7. The number of nitrogens with one attached hydrogen (secondary N) is 1. The molecule has 0 saturated heterocycles. The fraction of sp³-hybridized carbons (Fsp3) is 0.242. The van der Waals surface area contributed by atoms with Gasteiger partial charge in [-0.3, -0.25) is 9.69 Å². The van der Waals surface area contributed by atoms with E-state index in [1.54, 1.807) is 6.07 Å². The molecule has 2 unspecified atom stereocenters. The molecule has 0 bridgehead atoms. The van der Waals surface area contributed by atoms with E-state index in [2.05, 4.69) is 70.9 Å². The summed E-state index contributed by atoms with van der Waals surface area (Å²) in [5.74, 6) is 0.835. The normalized spacial score (nSPS) is 18.7. The van der Waals surface area contributed by atoms with Crippen LogP contribution < -0.4 is 5.32 Å². The first-order valence-electron chi connectivity index (χ1n) is 13.2. The number of phenols is 1. The highest BCUT2D eigenvalue weighted by molar-refractivity contribution is 5.83. The lowest BCUT2D eigenvalue weighted by Crippen LogP contribution is -2.32. The molecule has 1 aliphatic heterocycles. The summed E-state index contributed by atoms with van der Waals surface area (Å²) >= 11 is 0. The van der Waals surface area contributed by atoms with Crippen molar-refractivity contribution in [2.45, 2.75) is 38.4 Å². The Morgan fingerprint density at radius 1 is 0.892 bits per heavy atom. The summed E-state index contributed by atoms with van der Waals surface area (Å²) in [4.78, 5) is 15.5. The zero-order valence-corrected chi connectivity index (χ0v) is 20.9. The smallest absolute Gasteiger partial charge is 0.224 e. The summed E-state index contributed by atoms with van der Waals surface area (Å²) in [5, 5.41) is 13.3. The van der Waals surface area contributed by atoms with Crippen molar-refractivity contribution in [3.8, 4) is 16.9 Å². The van der Waals surface area contributed by atoms with Gasteiger partial charge in [0.2, 0.25) is 5.91 Å². The first-order chi connectivity index (χ1) is 18.2. The largest absolute Gasteiger partial charge is 0.508 e. The van der Waals surface area contributed by atoms with Gasteiger partial charge in [0.25, 0.3) is 0 Å². The monoisotopic (exact) mass is 488 g/mol. The molecule has 2 aliphatic rings. The first-order valence-corrected chi connectivity index (χ1v) is 13.2. The molecule has 2 N–H and O–H groups in total.